The fourth-order valence-electron chi connectivity index (χ4n) is 7.03. The molecule has 194 valence electrons. The average molecular weight is 465 g/mol. The normalized spacial score (nSPS) is 25.9. The van der Waals surface area contributed by atoms with Crippen LogP contribution in [0.25, 0.3) is 0 Å². The predicted octanol–water partition coefficient (Wildman–Crippen LogP) is 4.33. The zero-order valence-electron chi connectivity index (χ0n) is 23.6. The van der Waals surface area contributed by atoms with E-state index in [4.69, 9.17) is 11.1 Å². The number of hydrogen-bond acceptors (Lipinski definition) is 5. The Balaban J connectivity index is 1.82. The molecule has 0 aromatic heterocycles. The van der Waals surface area contributed by atoms with E-state index in [0.717, 1.165) is 32.2 Å². The Hall–Kier alpha value is -0.690. The molecule has 6 nitrogen and oxygen atoms in total. The molecule has 0 saturated carbocycles. The highest BCUT2D eigenvalue weighted by Gasteiger charge is 2.41. The molecule has 33 heavy (non-hydrogen) atoms. The standard InChI is InChI=1S/C27H56N6/c1-24(2)16-20(17-25(3,4)30-24)32(9)15-13-11-12-14-22(23(28)29)33(10)21-18-26(5,6)31-27(7,8)19-21/h20-22,30-31H,11-19H2,1-10H3,(H3,28,29). The molecule has 2 aliphatic heterocycles. The van der Waals surface area contributed by atoms with Crippen LogP contribution in [0, 0.1) is 5.41 Å². The summed E-state index contributed by atoms with van der Waals surface area (Å²) in [5, 5.41) is 15.8. The van der Waals surface area contributed by atoms with Gasteiger partial charge in [0, 0.05) is 34.2 Å². The van der Waals surface area contributed by atoms with Gasteiger partial charge in [-0.2, -0.15) is 0 Å². The van der Waals surface area contributed by atoms with E-state index in [1.165, 1.54) is 25.7 Å². The summed E-state index contributed by atoms with van der Waals surface area (Å²) in [4.78, 5) is 4.98. The molecule has 1 unspecified atom stereocenters. The molecule has 2 saturated heterocycles. The molecule has 5 N–H and O–H groups in total. The molecule has 2 rings (SSSR count). The van der Waals surface area contributed by atoms with Gasteiger partial charge in [-0.05, 0) is 115 Å². The number of amidine groups is 1. The number of piperidine rings is 2. The number of nitrogens with two attached hydrogens (primary N) is 1. The summed E-state index contributed by atoms with van der Waals surface area (Å²) in [5.74, 6) is 0.322. The second kappa shape index (κ2) is 10.5. The number of nitrogens with one attached hydrogen (secondary N) is 3. The van der Waals surface area contributed by atoms with Crippen molar-refractivity contribution in [2.24, 2.45) is 5.73 Å². The van der Waals surface area contributed by atoms with Gasteiger partial charge in [0.1, 0.15) is 5.84 Å². The number of rotatable bonds is 10. The van der Waals surface area contributed by atoms with Crippen molar-refractivity contribution < 1.29 is 0 Å². The first kappa shape index (κ1) is 28.5. The zero-order chi connectivity index (χ0) is 25.2. The van der Waals surface area contributed by atoms with Gasteiger partial charge in [0.2, 0.25) is 0 Å². The van der Waals surface area contributed by atoms with E-state index < -0.39 is 0 Å². The molecule has 0 spiro atoms. The molecular formula is C27H56N6. The van der Waals surface area contributed by atoms with Gasteiger partial charge in [0.15, 0.2) is 0 Å². The first-order chi connectivity index (χ1) is 14.9. The van der Waals surface area contributed by atoms with Crippen LogP contribution in [0.4, 0.5) is 0 Å². The van der Waals surface area contributed by atoms with Crippen molar-refractivity contribution in [1.29, 1.82) is 5.41 Å². The van der Waals surface area contributed by atoms with Gasteiger partial charge in [0.25, 0.3) is 0 Å². The maximum Gasteiger partial charge on any atom is 0.108 e. The molecule has 2 fully saturated rings. The van der Waals surface area contributed by atoms with E-state index in [1.54, 1.807) is 0 Å². The molecule has 0 amide bonds. The van der Waals surface area contributed by atoms with Crippen LogP contribution in [0.3, 0.4) is 0 Å². The maximum absolute atomic E-state index is 8.26. The summed E-state index contributed by atoms with van der Waals surface area (Å²) in [6.45, 7) is 19.6. The number of unbranched alkanes of at least 4 members (excludes halogenated alkanes) is 2. The second-order valence-corrected chi connectivity index (χ2v) is 13.9. The van der Waals surface area contributed by atoms with Crippen LogP contribution >= 0.6 is 0 Å². The van der Waals surface area contributed by atoms with E-state index in [9.17, 15) is 0 Å². The molecular weight excluding hydrogens is 408 g/mol. The van der Waals surface area contributed by atoms with Crippen molar-refractivity contribution in [1.82, 2.24) is 20.4 Å². The summed E-state index contributed by atoms with van der Waals surface area (Å²) >= 11 is 0. The van der Waals surface area contributed by atoms with Gasteiger partial charge in [-0.3, -0.25) is 10.3 Å². The fourth-order valence-corrected chi connectivity index (χ4v) is 7.03. The van der Waals surface area contributed by atoms with Gasteiger partial charge in [-0.1, -0.05) is 12.8 Å². The van der Waals surface area contributed by atoms with Crippen molar-refractivity contribution in [3.05, 3.63) is 0 Å². The van der Waals surface area contributed by atoms with E-state index in [0.29, 0.717) is 17.9 Å². The highest BCUT2D eigenvalue weighted by atomic mass is 15.2. The lowest BCUT2D eigenvalue weighted by molar-refractivity contribution is 0.0682. The first-order valence-corrected chi connectivity index (χ1v) is 13.3. The smallest absolute Gasteiger partial charge is 0.108 e. The first-order valence-electron chi connectivity index (χ1n) is 13.3. The Morgan fingerprint density at radius 1 is 0.788 bits per heavy atom. The van der Waals surface area contributed by atoms with E-state index in [2.05, 4.69) is 89.9 Å². The third-order valence-electron chi connectivity index (χ3n) is 7.88. The molecule has 0 aromatic rings. The van der Waals surface area contributed by atoms with Crippen molar-refractivity contribution in [2.45, 2.75) is 147 Å². The highest BCUT2D eigenvalue weighted by Crippen LogP contribution is 2.33. The molecule has 2 aliphatic rings. The Kier molecular flexibility index (Phi) is 9.09. The monoisotopic (exact) mass is 464 g/mol. The van der Waals surface area contributed by atoms with Crippen LogP contribution in [0.15, 0.2) is 0 Å². The molecule has 6 heteroatoms. The minimum Gasteiger partial charge on any atom is -0.386 e. The van der Waals surface area contributed by atoms with E-state index >= 15 is 0 Å². The quantitative estimate of drug-likeness (QED) is 0.220. The molecule has 1 atom stereocenters. The maximum atomic E-state index is 8.26. The minimum absolute atomic E-state index is 0.0449. The molecule has 2 heterocycles. The van der Waals surface area contributed by atoms with Crippen LogP contribution in [0.1, 0.15) is 107 Å². The largest absolute Gasteiger partial charge is 0.386 e. The van der Waals surface area contributed by atoms with E-state index in [-0.39, 0.29) is 28.2 Å². The van der Waals surface area contributed by atoms with Gasteiger partial charge in [-0.25, -0.2) is 0 Å². The SMILES string of the molecule is CN(CCCCCC(C(=N)N)N(C)C1CC(C)(C)NC(C)(C)C1)C1CC(C)(C)NC(C)(C)C1. The number of nitrogens with zero attached hydrogens (tertiary/aromatic N) is 2. The van der Waals surface area contributed by atoms with E-state index in [1.807, 2.05) is 0 Å². The Morgan fingerprint density at radius 2 is 1.21 bits per heavy atom. The summed E-state index contributed by atoms with van der Waals surface area (Å²) in [6.07, 6.45) is 9.10. The third-order valence-corrected chi connectivity index (χ3v) is 7.88. The van der Waals surface area contributed by atoms with Crippen molar-refractivity contribution in [2.75, 3.05) is 20.6 Å². The predicted molar refractivity (Wildman–Crippen MR) is 143 cm³/mol. The summed E-state index contributed by atoms with van der Waals surface area (Å²) in [7, 11) is 4.48. The molecule has 0 bridgehead atoms. The summed E-state index contributed by atoms with van der Waals surface area (Å²) < 4.78 is 0. The second-order valence-electron chi connectivity index (χ2n) is 13.9. The third kappa shape index (κ3) is 8.79. The lowest BCUT2D eigenvalue weighted by atomic mass is 9.78. The zero-order valence-corrected chi connectivity index (χ0v) is 23.6. The van der Waals surface area contributed by atoms with Crippen LogP contribution < -0.4 is 16.4 Å². The highest BCUT2D eigenvalue weighted by molar-refractivity contribution is 5.82. The average Bonchev–Trinajstić information content (AvgIpc) is 2.58. The minimum atomic E-state index is 0.0449. The Labute approximate surface area is 205 Å². The van der Waals surface area contributed by atoms with Crippen LogP contribution in [0.2, 0.25) is 0 Å². The van der Waals surface area contributed by atoms with Gasteiger partial charge >= 0.3 is 0 Å². The van der Waals surface area contributed by atoms with Crippen molar-refractivity contribution >= 4 is 5.84 Å². The number of hydrogen-bond donors (Lipinski definition) is 4. The van der Waals surface area contributed by atoms with Crippen LogP contribution in [-0.4, -0.2) is 76.6 Å². The van der Waals surface area contributed by atoms with Gasteiger partial charge in [0.05, 0.1) is 6.04 Å². The molecule has 0 aromatic carbocycles. The summed E-state index contributed by atoms with van der Waals surface area (Å²) in [6, 6.07) is 1.13. The fraction of sp³-hybridized carbons (Fsp3) is 0.963. The van der Waals surface area contributed by atoms with Crippen LogP contribution in [-0.2, 0) is 0 Å². The Bertz CT molecular complexity index is 621. The Morgan fingerprint density at radius 3 is 1.64 bits per heavy atom. The lowest BCUT2D eigenvalue weighted by Crippen LogP contribution is -2.63. The topological polar surface area (TPSA) is 80.4 Å². The molecule has 0 radical (unpaired) electrons. The lowest BCUT2D eigenvalue weighted by Gasteiger charge is -2.50. The van der Waals surface area contributed by atoms with Crippen molar-refractivity contribution in [3.63, 3.8) is 0 Å². The van der Waals surface area contributed by atoms with Gasteiger partial charge in [-0.15, -0.1) is 0 Å². The summed E-state index contributed by atoms with van der Waals surface area (Å²) in [5.41, 5.74) is 6.69. The van der Waals surface area contributed by atoms with Crippen molar-refractivity contribution in [3.8, 4) is 0 Å². The molecule has 0 aliphatic carbocycles. The van der Waals surface area contributed by atoms with Crippen LogP contribution in [0.5, 0.6) is 0 Å². The van der Waals surface area contributed by atoms with Gasteiger partial charge < -0.3 is 21.3 Å². The number of likely N-dealkylation sites (N-methyl/N-ethyl adjacent to an activating group) is 1.